The number of aromatic nitrogens is 4. The van der Waals surface area contributed by atoms with E-state index in [4.69, 9.17) is 0 Å². The zero-order chi connectivity index (χ0) is 16.7. The van der Waals surface area contributed by atoms with E-state index in [1.54, 1.807) is 16.8 Å². The second kappa shape index (κ2) is 6.25. The Balaban J connectivity index is 1.85. The van der Waals surface area contributed by atoms with Gasteiger partial charge in [0, 0.05) is 19.3 Å². The van der Waals surface area contributed by atoms with Gasteiger partial charge in [-0.1, -0.05) is 33.2 Å². The predicted molar refractivity (Wildman–Crippen MR) is 101 cm³/mol. The number of allylic oxidation sites excluding steroid dienone is 1. The molecule has 24 heavy (non-hydrogen) atoms. The van der Waals surface area contributed by atoms with Gasteiger partial charge in [-0.15, -0.1) is 0 Å². The summed E-state index contributed by atoms with van der Waals surface area (Å²) in [6.07, 6.45) is 1.93. The van der Waals surface area contributed by atoms with E-state index in [1.807, 2.05) is 30.3 Å². The molecule has 0 fully saturated rings. The summed E-state index contributed by atoms with van der Waals surface area (Å²) in [5.41, 5.74) is 2.34. The van der Waals surface area contributed by atoms with Gasteiger partial charge >= 0.3 is 0 Å². The number of tetrazole rings is 1. The largest absolute Gasteiger partial charge is 0.323 e. The van der Waals surface area contributed by atoms with Gasteiger partial charge < -0.3 is 5.32 Å². The summed E-state index contributed by atoms with van der Waals surface area (Å²) >= 11 is 5.65. The fourth-order valence-corrected chi connectivity index (χ4v) is 3.35. The Kier molecular flexibility index (Phi) is 4.09. The average Bonchev–Trinajstić information content (AvgIpc) is 3.05. The van der Waals surface area contributed by atoms with Crippen LogP contribution in [0.15, 0.2) is 53.0 Å². The lowest BCUT2D eigenvalue weighted by atomic mass is 10.0. The molecule has 5 nitrogen and oxygen atoms in total. The van der Waals surface area contributed by atoms with Gasteiger partial charge in [-0.2, -0.15) is 4.68 Å². The van der Waals surface area contributed by atoms with Gasteiger partial charge in [0.1, 0.15) is 11.9 Å². The van der Waals surface area contributed by atoms with Crippen molar-refractivity contribution in [3.63, 3.8) is 0 Å². The van der Waals surface area contributed by atoms with E-state index in [0.717, 1.165) is 19.3 Å². The lowest BCUT2D eigenvalue weighted by Crippen LogP contribution is -2.21. The van der Waals surface area contributed by atoms with Gasteiger partial charge in [-0.3, -0.25) is 0 Å². The fourth-order valence-electron chi connectivity index (χ4n) is 2.61. The number of fused-ring (bicyclic) bond motifs is 1. The number of nitrogens with one attached hydrogen (secondary N) is 1. The van der Waals surface area contributed by atoms with Crippen LogP contribution in [0.1, 0.15) is 17.2 Å². The summed E-state index contributed by atoms with van der Waals surface area (Å²) in [5.74, 6) is 0.181. The average molecular weight is 498 g/mol. The van der Waals surface area contributed by atoms with Crippen molar-refractivity contribution in [2.24, 2.45) is 0 Å². The monoisotopic (exact) mass is 497 g/mol. The third-order valence-electron chi connectivity index (χ3n) is 3.76. The molecule has 2 aromatic carbocycles. The quantitative estimate of drug-likeness (QED) is 0.538. The van der Waals surface area contributed by atoms with Crippen molar-refractivity contribution < 1.29 is 4.39 Å². The number of hydrogen-bond acceptors (Lipinski definition) is 4. The summed E-state index contributed by atoms with van der Waals surface area (Å²) in [6, 6.07) is 12.5. The van der Waals surface area contributed by atoms with Gasteiger partial charge in [-0.05, 0) is 75.0 Å². The molecule has 0 bridgehead atoms. The van der Waals surface area contributed by atoms with Crippen molar-refractivity contribution in [3.05, 3.63) is 73.5 Å². The Hall–Kier alpha value is -1.81. The van der Waals surface area contributed by atoms with E-state index in [-0.39, 0.29) is 5.82 Å². The number of rotatable bonds is 2. The normalized spacial score (nSPS) is 16.3. The highest BCUT2D eigenvalue weighted by molar-refractivity contribution is 14.1. The van der Waals surface area contributed by atoms with Crippen molar-refractivity contribution in [1.29, 1.82) is 0 Å². The molecular formula is C16H10BrFIN5. The summed E-state index contributed by atoms with van der Waals surface area (Å²) in [4.78, 5) is 0. The van der Waals surface area contributed by atoms with Crippen molar-refractivity contribution >= 4 is 50.2 Å². The molecule has 120 valence electrons. The third-order valence-corrected chi connectivity index (χ3v) is 4.97. The summed E-state index contributed by atoms with van der Waals surface area (Å²) in [7, 11) is 0. The smallest absolute Gasteiger partial charge is 0.248 e. The number of benzene rings is 2. The van der Waals surface area contributed by atoms with Crippen LogP contribution in [-0.2, 0) is 0 Å². The molecule has 1 N–H and O–H groups in total. The third kappa shape index (κ3) is 2.84. The van der Waals surface area contributed by atoms with Crippen LogP contribution in [0.5, 0.6) is 0 Å². The summed E-state index contributed by atoms with van der Waals surface area (Å²) in [5, 5.41) is 14.9. The van der Waals surface area contributed by atoms with Gasteiger partial charge in [0.05, 0.1) is 0 Å². The maximum atomic E-state index is 14.4. The second-order valence-corrected chi connectivity index (χ2v) is 7.43. The molecule has 4 rings (SSSR count). The van der Waals surface area contributed by atoms with E-state index in [9.17, 15) is 4.39 Å². The summed E-state index contributed by atoms with van der Waals surface area (Å²) in [6.45, 7) is 0. The molecule has 1 atom stereocenters. The minimum atomic E-state index is -0.428. The zero-order valence-electron chi connectivity index (χ0n) is 12.1. The van der Waals surface area contributed by atoms with Crippen LogP contribution < -0.4 is 5.32 Å². The molecule has 0 amide bonds. The lowest BCUT2D eigenvalue weighted by molar-refractivity contribution is 0.539. The van der Waals surface area contributed by atoms with Gasteiger partial charge in [0.15, 0.2) is 0 Å². The number of hydrogen-bond donors (Lipinski definition) is 1. The molecule has 1 aromatic heterocycles. The number of anilines is 1. The molecule has 0 saturated heterocycles. The molecule has 0 saturated carbocycles. The second-order valence-electron chi connectivity index (χ2n) is 5.27. The van der Waals surface area contributed by atoms with Crippen LogP contribution in [0.2, 0.25) is 0 Å². The van der Waals surface area contributed by atoms with E-state index in [0.29, 0.717) is 11.5 Å². The lowest BCUT2D eigenvalue weighted by Gasteiger charge is -2.24. The Morgan fingerprint density at radius 2 is 1.96 bits per heavy atom. The van der Waals surface area contributed by atoms with E-state index >= 15 is 0 Å². The molecular weight excluding hydrogens is 488 g/mol. The molecule has 0 unspecified atom stereocenters. The van der Waals surface area contributed by atoms with Crippen molar-refractivity contribution in [1.82, 2.24) is 20.2 Å². The number of halogens is 3. The Labute approximate surface area is 159 Å². The first-order valence-electron chi connectivity index (χ1n) is 7.09. The van der Waals surface area contributed by atoms with Gasteiger partial charge in [0.2, 0.25) is 5.95 Å². The molecule has 8 heteroatoms. The predicted octanol–water partition coefficient (Wildman–Crippen LogP) is 4.24. The highest BCUT2D eigenvalue weighted by Gasteiger charge is 2.26. The van der Waals surface area contributed by atoms with Crippen LogP contribution in [0, 0.1) is 9.39 Å². The van der Waals surface area contributed by atoms with E-state index < -0.39 is 6.04 Å². The first-order valence-corrected chi connectivity index (χ1v) is 8.96. The Bertz CT molecular complexity index is 938. The highest BCUT2D eigenvalue weighted by Crippen LogP contribution is 2.33. The van der Waals surface area contributed by atoms with Gasteiger partial charge in [-0.25, -0.2) is 4.39 Å². The minimum Gasteiger partial charge on any atom is -0.323 e. The Morgan fingerprint density at radius 1 is 1.17 bits per heavy atom. The highest BCUT2D eigenvalue weighted by atomic mass is 127. The van der Waals surface area contributed by atoms with E-state index in [2.05, 4.69) is 59.4 Å². The standard InChI is InChI=1S/C16H10BrFIN5/c17-10-3-6-13(18)12(7-10)15-8-14(9-1-4-11(19)5-2-9)20-16-21-22-23-24(15)16/h1-8,15H,(H,20,21,23)/t15-/m1/s1. The van der Waals surface area contributed by atoms with Crippen LogP contribution >= 0.6 is 38.5 Å². The maximum Gasteiger partial charge on any atom is 0.248 e. The van der Waals surface area contributed by atoms with Crippen LogP contribution in [0.25, 0.3) is 5.70 Å². The van der Waals surface area contributed by atoms with Crippen molar-refractivity contribution in [3.8, 4) is 0 Å². The molecule has 0 spiro atoms. The molecule has 1 aliphatic rings. The first kappa shape index (κ1) is 15.7. The number of nitrogens with zero attached hydrogens (tertiary/aromatic N) is 4. The van der Waals surface area contributed by atoms with Crippen LogP contribution in [0.4, 0.5) is 10.3 Å². The van der Waals surface area contributed by atoms with Crippen LogP contribution in [0.3, 0.4) is 0 Å². The summed E-state index contributed by atoms with van der Waals surface area (Å²) < 4.78 is 17.9. The maximum absolute atomic E-state index is 14.4. The van der Waals surface area contributed by atoms with Crippen LogP contribution in [-0.4, -0.2) is 20.2 Å². The van der Waals surface area contributed by atoms with E-state index in [1.165, 1.54) is 6.07 Å². The van der Waals surface area contributed by atoms with Crippen molar-refractivity contribution in [2.45, 2.75) is 6.04 Å². The minimum absolute atomic E-state index is 0.301. The van der Waals surface area contributed by atoms with Crippen molar-refractivity contribution in [2.75, 3.05) is 5.32 Å². The topological polar surface area (TPSA) is 55.6 Å². The fraction of sp³-hybridized carbons (Fsp3) is 0.0625. The Morgan fingerprint density at radius 3 is 2.75 bits per heavy atom. The van der Waals surface area contributed by atoms with Gasteiger partial charge in [0.25, 0.3) is 0 Å². The molecule has 1 aliphatic heterocycles. The molecule has 2 heterocycles. The zero-order valence-corrected chi connectivity index (χ0v) is 15.9. The molecule has 3 aromatic rings. The molecule has 0 radical (unpaired) electrons. The first-order chi connectivity index (χ1) is 11.6. The SMILES string of the molecule is Fc1ccc(Br)cc1[C@H]1C=C(c2ccc(I)cc2)Nc2nnnn21. The molecule has 0 aliphatic carbocycles.